The van der Waals surface area contributed by atoms with Crippen LogP contribution in [0, 0.1) is 0 Å². The lowest BCUT2D eigenvalue weighted by Gasteiger charge is -2.38. The molecule has 1 aromatic heterocycles. The molecule has 0 amide bonds. The number of halogens is 1. The van der Waals surface area contributed by atoms with Gasteiger partial charge in [-0.15, -0.1) is 0 Å². The van der Waals surface area contributed by atoms with Crippen molar-refractivity contribution >= 4 is 17.3 Å². The molecule has 2 aliphatic heterocycles. The molecule has 0 unspecified atom stereocenters. The van der Waals surface area contributed by atoms with Gasteiger partial charge in [-0.1, -0.05) is 35.9 Å². The summed E-state index contributed by atoms with van der Waals surface area (Å²) in [4.78, 5) is 4.22. The smallest absolute Gasteiger partial charge is 0.215 e. The van der Waals surface area contributed by atoms with Crippen LogP contribution < -0.4 is 4.74 Å². The van der Waals surface area contributed by atoms with Crippen LogP contribution in [0.1, 0.15) is 35.4 Å². The number of aromatic hydroxyl groups is 1. The minimum Gasteiger partial charge on any atom is -0.507 e. The number of phenolic OH excluding ortho intramolecular Hbond substituents is 1. The van der Waals surface area contributed by atoms with Crippen molar-refractivity contribution < 1.29 is 9.84 Å². The second kappa shape index (κ2) is 6.28. The van der Waals surface area contributed by atoms with E-state index in [1.807, 2.05) is 35.3 Å². The van der Waals surface area contributed by atoms with E-state index in [-0.39, 0.29) is 18.0 Å². The number of aromatic nitrogens is 1. The average Bonchev–Trinajstić information content (AvgIpc) is 3.15. The van der Waals surface area contributed by atoms with E-state index in [1.165, 1.54) is 0 Å². The summed E-state index contributed by atoms with van der Waals surface area (Å²) in [5.74, 6) is 1.02. The van der Waals surface area contributed by atoms with E-state index >= 15 is 0 Å². The van der Waals surface area contributed by atoms with Gasteiger partial charge in [-0.2, -0.15) is 5.10 Å². The minimum absolute atomic E-state index is 0.0218. The molecule has 0 fully saturated rings. The summed E-state index contributed by atoms with van der Waals surface area (Å²) in [5.41, 5.74) is 3.45. The summed E-state index contributed by atoms with van der Waals surface area (Å²) in [6.07, 6.45) is 3.81. The Morgan fingerprint density at radius 1 is 1.11 bits per heavy atom. The van der Waals surface area contributed by atoms with Gasteiger partial charge in [0.1, 0.15) is 11.5 Å². The largest absolute Gasteiger partial charge is 0.507 e. The molecule has 3 heterocycles. The highest BCUT2D eigenvalue weighted by molar-refractivity contribution is 6.31. The quantitative estimate of drug-likeness (QED) is 0.704. The van der Waals surface area contributed by atoms with Gasteiger partial charge < -0.3 is 9.84 Å². The molecule has 0 saturated carbocycles. The van der Waals surface area contributed by atoms with Gasteiger partial charge in [0.05, 0.1) is 11.8 Å². The number of para-hydroxylation sites is 1. The van der Waals surface area contributed by atoms with Crippen molar-refractivity contribution in [1.29, 1.82) is 0 Å². The molecule has 5 nitrogen and oxygen atoms in total. The second-order valence-corrected chi connectivity index (χ2v) is 7.04. The molecule has 134 valence electrons. The van der Waals surface area contributed by atoms with E-state index in [0.717, 1.165) is 22.6 Å². The van der Waals surface area contributed by atoms with Crippen molar-refractivity contribution in [3.05, 3.63) is 88.7 Å². The van der Waals surface area contributed by atoms with Crippen molar-refractivity contribution in [1.82, 2.24) is 9.99 Å². The lowest BCUT2D eigenvalue weighted by molar-refractivity contribution is -0.0192. The first-order valence-electron chi connectivity index (χ1n) is 8.71. The topological polar surface area (TPSA) is 58.0 Å². The Hall–Kier alpha value is -3.05. The number of pyridine rings is 1. The van der Waals surface area contributed by atoms with Crippen LogP contribution in [0.15, 0.2) is 72.1 Å². The number of hydrogen-bond donors (Lipinski definition) is 1. The summed E-state index contributed by atoms with van der Waals surface area (Å²) < 4.78 is 6.26. The molecule has 6 heteroatoms. The highest BCUT2D eigenvalue weighted by Gasteiger charge is 2.41. The van der Waals surface area contributed by atoms with Crippen LogP contribution in [0.5, 0.6) is 11.5 Å². The first-order valence-corrected chi connectivity index (χ1v) is 9.09. The molecule has 0 spiro atoms. The maximum atomic E-state index is 10.3. The van der Waals surface area contributed by atoms with E-state index in [1.54, 1.807) is 30.6 Å². The van der Waals surface area contributed by atoms with Gasteiger partial charge >= 0.3 is 0 Å². The average molecular weight is 378 g/mol. The third-order valence-electron chi connectivity index (χ3n) is 4.94. The van der Waals surface area contributed by atoms with Gasteiger partial charge in [-0.25, -0.2) is 5.01 Å². The molecule has 3 aromatic rings. The third-order valence-corrected chi connectivity index (χ3v) is 5.17. The number of hydrazone groups is 1. The number of phenols is 1. The predicted octanol–water partition coefficient (Wildman–Crippen LogP) is 4.68. The van der Waals surface area contributed by atoms with E-state index in [9.17, 15) is 5.11 Å². The maximum Gasteiger partial charge on any atom is 0.215 e. The van der Waals surface area contributed by atoms with Gasteiger partial charge in [0.15, 0.2) is 0 Å². The Bertz CT molecular complexity index is 1040. The lowest BCUT2D eigenvalue weighted by Crippen LogP contribution is -2.33. The van der Waals surface area contributed by atoms with Gasteiger partial charge in [0, 0.05) is 40.5 Å². The number of rotatable bonds is 2. The fraction of sp³-hybridized carbons (Fsp3) is 0.143. The van der Waals surface area contributed by atoms with Crippen LogP contribution in [0.2, 0.25) is 5.02 Å². The van der Waals surface area contributed by atoms with Crippen LogP contribution >= 0.6 is 11.6 Å². The second-order valence-electron chi connectivity index (χ2n) is 6.60. The van der Waals surface area contributed by atoms with Crippen molar-refractivity contribution in [2.75, 3.05) is 0 Å². The summed E-state index contributed by atoms with van der Waals surface area (Å²) in [6.45, 7) is 0. The van der Waals surface area contributed by atoms with E-state index in [0.29, 0.717) is 17.0 Å². The highest BCUT2D eigenvalue weighted by atomic mass is 35.5. The Morgan fingerprint density at radius 2 is 2.00 bits per heavy atom. The molecule has 5 rings (SSSR count). The standard InChI is InChI=1S/C21H16ClN3O2/c22-14-7-8-19(26)16(10-14)17-11-18-15-5-1-2-6-20(15)27-21(25(18)24-17)13-4-3-9-23-12-13/h1-10,12,18,21,26H,11H2/t18-,21-/m1/s1. The Kier molecular flexibility index (Phi) is 3.76. The molecule has 0 bridgehead atoms. The fourth-order valence-corrected chi connectivity index (χ4v) is 3.85. The monoisotopic (exact) mass is 377 g/mol. The van der Waals surface area contributed by atoms with Gasteiger partial charge in [-0.05, 0) is 30.3 Å². The van der Waals surface area contributed by atoms with Crippen LogP contribution in [-0.4, -0.2) is 20.8 Å². The lowest BCUT2D eigenvalue weighted by atomic mass is 9.96. The van der Waals surface area contributed by atoms with E-state index in [2.05, 4.69) is 11.1 Å². The van der Waals surface area contributed by atoms with Gasteiger partial charge in [0.25, 0.3) is 0 Å². The normalized spacial score (nSPS) is 20.5. The fourth-order valence-electron chi connectivity index (χ4n) is 3.68. The van der Waals surface area contributed by atoms with Gasteiger partial charge in [-0.3, -0.25) is 4.98 Å². The minimum atomic E-state index is -0.377. The zero-order valence-corrected chi connectivity index (χ0v) is 15.0. The zero-order valence-electron chi connectivity index (χ0n) is 14.3. The molecule has 0 aliphatic carbocycles. The zero-order chi connectivity index (χ0) is 18.4. The Balaban J connectivity index is 1.62. The first-order chi connectivity index (χ1) is 13.2. The molecular formula is C21H16ClN3O2. The van der Waals surface area contributed by atoms with E-state index in [4.69, 9.17) is 21.4 Å². The predicted molar refractivity (Wildman–Crippen MR) is 103 cm³/mol. The number of ether oxygens (including phenoxy) is 1. The third kappa shape index (κ3) is 2.71. The Morgan fingerprint density at radius 3 is 2.85 bits per heavy atom. The summed E-state index contributed by atoms with van der Waals surface area (Å²) in [6, 6.07) is 16.9. The Labute approximate surface area is 161 Å². The molecule has 27 heavy (non-hydrogen) atoms. The van der Waals surface area contributed by atoms with Crippen molar-refractivity contribution in [3.63, 3.8) is 0 Å². The van der Waals surface area contributed by atoms with Crippen LogP contribution in [0.4, 0.5) is 0 Å². The number of nitrogens with zero attached hydrogens (tertiary/aromatic N) is 3. The first kappa shape index (κ1) is 16.1. The number of hydrogen-bond acceptors (Lipinski definition) is 5. The van der Waals surface area contributed by atoms with Crippen LogP contribution in [0.3, 0.4) is 0 Å². The SMILES string of the molecule is Oc1ccc(Cl)cc1C1=NN2[C@H](C1)c1ccccc1O[C@@H]2c1cccnc1. The van der Waals surface area contributed by atoms with Crippen molar-refractivity contribution in [3.8, 4) is 11.5 Å². The molecule has 0 saturated heterocycles. The van der Waals surface area contributed by atoms with Crippen LogP contribution in [0.25, 0.3) is 0 Å². The molecule has 2 aromatic carbocycles. The highest BCUT2D eigenvalue weighted by Crippen LogP contribution is 2.47. The maximum absolute atomic E-state index is 10.3. The summed E-state index contributed by atoms with van der Waals surface area (Å²) >= 11 is 6.14. The summed E-state index contributed by atoms with van der Waals surface area (Å²) in [5, 5.41) is 17.6. The van der Waals surface area contributed by atoms with E-state index < -0.39 is 0 Å². The number of fused-ring (bicyclic) bond motifs is 3. The molecule has 0 radical (unpaired) electrons. The molecule has 2 aliphatic rings. The van der Waals surface area contributed by atoms with Crippen molar-refractivity contribution in [2.24, 2.45) is 5.10 Å². The van der Waals surface area contributed by atoms with Crippen LogP contribution in [-0.2, 0) is 0 Å². The van der Waals surface area contributed by atoms with Crippen molar-refractivity contribution in [2.45, 2.75) is 18.7 Å². The van der Waals surface area contributed by atoms with Gasteiger partial charge in [0.2, 0.25) is 6.23 Å². The molecule has 2 atom stereocenters. The summed E-state index contributed by atoms with van der Waals surface area (Å²) in [7, 11) is 0. The molecular weight excluding hydrogens is 362 g/mol. The number of benzene rings is 2. The molecule has 1 N–H and O–H groups in total.